The number of esters is 3. The Labute approximate surface area is 461 Å². The summed E-state index contributed by atoms with van der Waals surface area (Å²) >= 11 is 9.23. The molecule has 0 aliphatic rings. The zero-order valence-corrected chi connectivity index (χ0v) is 45.3. The highest BCUT2D eigenvalue weighted by molar-refractivity contribution is 7.98. The summed E-state index contributed by atoms with van der Waals surface area (Å²) in [6.07, 6.45) is -5.70. The van der Waals surface area contributed by atoms with Crippen molar-refractivity contribution >= 4 is 77.6 Å². The number of alkyl halides is 3. The molecule has 0 spiro atoms. The molecule has 0 aromatic heterocycles. The summed E-state index contributed by atoms with van der Waals surface area (Å²) in [7, 11) is 3.22. The van der Waals surface area contributed by atoms with Gasteiger partial charge in [-0.1, -0.05) is 48.5 Å². The van der Waals surface area contributed by atoms with Crippen molar-refractivity contribution in [2.75, 3.05) is 42.7 Å². The number of aliphatic hydroxyl groups is 1. The number of ether oxygens (including phenoxy) is 5. The minimum Gasteiger partial charge on any atom is -0.497 e. The first-order valence-electron chi connectivity index (χ1n) is 20.8. The van der Waals surface area contributed by atoms with Crippen LogP contribution in [-0.4, -0.2) is 107 Å². The third-order valence-electron chi connectivity index (χ3n) is 8.32. The van der Waals surface area contributed by atoms with E-state index in [0.29, 0.717) is 10.6 Å². The van der Waals surface area contributed by atoms with Crippen LogP contribution in [0, 0.1) is 34.9 Å². The number of hydrogen-bond donors (Lipinski definition) is 6. The zero-order chi connectivity index (χ0) is 61.1. The number of carbonyl (C=O) groups is 5. The van der Waals surface area contributed by atoms with Crippen LogP contribution in [0.1, 0.15) is 52.6 Å². The minimum atomic E-state index is -4.67. The molecule has 6 rings (SSSR count). The maximum absolute atomic E-state index is 13.9. The quantitative estimate of drug-likeness (QED) is 0.0142. The molecule has 0 saturated carbocycles. The van der Waals surface area contributed by atoms with Crippen LogP contribution in [0.5, 0.6) is 11.5 Å². The second kappa shape index (κ2) is 39.1. The molecule has 432 valence electrons. The molecule has 0 bridgehead atoms. The third kappa shape index (κ3) is 30.5. The van der Waals surface area contributed by atoms with Gasteiger partial charge in [-0.3, -0.25) is 13.9 Å². The number of methoxy groups -OCH3 is 5. The van der Waals surface area contributed by atoms with Crippen LogP contribution >= 0.6 is 37.0 Å². The summed E-state index contributed by atoms with van der Waals surface area (Å²) in [4.78, 5) is 52.6. The fraction of sp³-hybridized carbons (Fsp3) is 0.180. The fourth-order valence-electron chi connectivity index (χ4n) is 4.76. The van der Waals surface area contributed by atoms with E-state index in [0.717, 1.165) is 67.4 Å². The number of rotatable bonds is 10. The summed E-state index contributed by atoms with van der Waals surface area (Å²) in [5.41, 5.74) is 1.57. The van der Waals surface area contributed by atoms with Gasteiger partial charge >= 0.3 is 40.5 Å². The van der Waals surface area contributed by atoms with E-state index in [-0.39, 0.29) is 16.0 Å². The standard InChI is InChI=1S/C16H15FO3S.C8H6F2O2.C8H7FO2S.C8H10OS.C7H4F2O2.C2HF3O.CH4O.H2O4S/c1-19-12-8-6-11(7-9-12)10-21-15-13(16(18)20-2)4-3-5-14(15)17;1-12-8(11)5-3-2-4-6(9)7(5)10;1-11-8(10)5-3-2-4-6(9)7(5)12;1-9-8-4-2-7(6-10)3-5-8;8-5-3-1-2-4(6(5)9)7(10)11;3-2(4,5)1-6;1-2;1-5(2,3)4/h3-9H,10H2,1-2H3;2-4H,1H3;2-4,12H,1H3;2-5,10H,6H2,1H3;1-3H,(H,10,11);1H;2H,1H3;(H2,1,2,3,4). The van der Waals surface area contributed by atoms with Gasteiger partial charge in [-0.2, -0.15) is 34.2 Å². The molecular formula is C50H49F9O16S4. The Morgan fingerprint density at radius 3 is 1.25 bits per heavy atom. The Kier molecular flexibility index (Phi) is 36.6. The van der Waals surface area contributed by atoms with E-state index in [1.54, 1.807) is 20.3 Å². The Hall–Kier alpha value is -7.28. The Morgan fingerprint density at radius 2 is 0.886 bits per heavy atom. The zero-order valence-electron chi connectivity index (χ0n) is 41.8. The average molecular weight is 1210 g/mol. The number of carboxylic acid groups (broad SMARTS) is 1. The molecular weight excluding hydrogens is 1160 g/mol. The highest BCUT2D eigenvalue weighted by atomic mass is 32.3. The van der Waals surface area contributed by atoms with E-state index in [2.05, 4.69) is 39.5 Å². The maximum Gasteiger partial charge on any atom is 0.446 e. The monoisotopic (exact) mass is 1200 g/mol. The molecule has 0 saturated heterocycles. The predicted molar refractivity (Wildman–Crippen MR) is 276 cm³/mol. The van der Waals surface area contributed by atoms with Crippen molar-refractivity contribution in [3.63, 3.8) is 0 Å². The summed E-state index contributed by atoms with van der Waals surface area (Å²) in [6, 6.07) is 30.2. The van der Waals surface area contributed by atoms with Crippen molar-refractivity contribution in [2.24, 2.45) is 0 Å². The average Bonchev–Trinajstić information content (AvgIpc) is 3.43. The Bertz CT molecular complexity index is 2860. The first kappa shape index (κ1) is 73.8. The van der Waals surface area contributed by atoms with Crippen LogP contribution in [-0.2, 0) is 40.9 Å². The molecule has 79 heavy (non-hydrogen) atoms. The number of carbonyl (C=O) groups excluding carboxylic acids is 4. The molecule has 0 fully saturated rings. The van der Waals surface area contributed by atoms with Gasteiger partial charge in [0.05, 0.1) is 67.6 Å². The van der Waals surface area contributed by atoms with Gasteiger partial charge in [0.25, 0.3) is 0 Å². The molecule has 0 unspecified atom stereocenters. The lowest BCUT2D eigenvalue weighted by Crippen LogP contribution is -2.07. The van der Waals surface area contributed by atoms with E-state index in [9.17, 15) is 58.7 Å². The van der Waals surface area contributed by atoms with Gasteiger partial charge in [0, 0.05) is 18.6 Å². The number of benzene rings is 6. The van der Waals surface area contributed by atoms with Gasteiger partial charge in [-0.05, 0) is 83.9 Å². The van der Waals surface area contributed by atoms with Crippen LogP contribution in [0.4, 0.5) is 39.5 Å². The van der Waals surface area contributed by atoms with Crippen molar-refractivity contribution in [3.8, 4) is 11.5 Å². The van der Waals surface area contributed by atoms with Gasteiger partial charge in [-0.25, -0.2) is 45.5 Å². The van der Waals surface area contributed by atoms with Crippen molar-refractivity contribution in [1.29, 1.82) is 0 Å². The van der Waals surface area contributed by atoms with Gasteiger partial charge < -0.3 is 33.9 Å². The SMILES string of the molecule is CO.COC(=O)c1cccc(F)c1F.COC(=O)c1cccc(F)c1S.COC(=O)c1cccc(F)c1SCc1ccc(OC)cc1.COc1ccc(CS)cc1.O=C(O)c1cccc(F)c1F.O=CC(F)(F)F.O=S(=O)(O)O. The van der Waals surface area contributed by atoms with Gasteiger partial charge in [-0.15, -0.1) is 24.4 Å². The lowest BCUT2D eigenvalue weighted by molar-refractivity contribution is -0.156. The number of aldehydes is 1. The number of carboxylic acids is 1. The molecule has 16 nitrogen and oxygen atoms in total. The second-order valence-electron chi connectivity index (χ2n) is 13.5. The van der Waals surface area contributed by atoms with Crippen LogP contribution in [0.2, 0.25) is 0 Å². The molecule has 0 atom stereocenters. The van der Waals surface area contributed by atoms with Crippen molar-refractivity contribution in [2.45, 2.75) is 27.5 Å². The number of thioether (sulfide) groups is 1. The number of halogens is 9. The van der Waals surface area contributed by atoms with Gasteiger partial charge in [0.1, 0.15) is 23.1 Å². The second-order valence-corrected chi connectivity index (χ2v) is 16.1. The molecule has 0 aliphatic heterocycles. The van der Waals surface area contributed by atoms with E-state index in [1.807, 2.05) is 48.5 Å². The predicted octanol–water partition coefficient (Wildman–Crippen LogP) is 11.1. The molecule has 29 heteroatoms. The lowest BCUT2D eigenvalue weighted by Gasteiger charge is -2.09. The minimum absolute atomic E-state index is 0.0179. The van der Waals surface area contributed by atoms with Gasteiger partial charge in [0.2, 0.25) is 6.29 Å². The van der Waals surface area contributed by atoms with E-state index in [4.69, 9.17) is 42.0 Å². The number of aliphatic hydroxyl groups excluding tert-OH is 1. The van der Waals surface area contributed by atoms with Crippen LogP contribution in [0.3, 0.4) is 0 Å². The normalized spacial score (nSPS) is 9.82. The molecule has 0 radical (unpaired) electrons. The first-order valence-corrected chi connectivity index (χ1v) is 24.3. The third-order valence-corrected chi connectivity index (χ3v) is 10.3. The largest absolute Gasteiger partial charge is 0.497 e. The lowest BCUT2D eigenvalue weighted by atomic mass is 10.2. The Balaban J connectivity index is 0. The van der Waals surface area contributed by atoms with Crippen molar-refractivity contribution in [3.05, 3.63) is 190 Å². The van der Waals surface area contributed by atoms with E-state index >= 15 is 0 Å². The summed E-state index contributed by atoms with van der Waals surface area (Å²) in [5.74, 6) is -6.13. The van der Waals surface area contributed by atoms with E-state index < -0.39 is 92.8 Å². The van der Waals surface area contributed by atoms with Crippen LogP contribution in [0.15, 0.2) is 131 Å². The number of hydrogen-bond acceptors (Lipinski definition) is 16. The van der Waals surface area contributed by atoms with Crippen molar-refractivity contribution in [1.82, 2.24) is 0 Å². The summed E-state index contributed by atoms with van der Waals surface area (Å²) in [5, 5.41) is 15.3. The van der Waals surface area contributed by atoms with Crippen LogP contribution < -0.4 is 9.47 Å². The smallest absolute Gasteiger partial charge is 0.446 e. The molecule has 6 aromatic rings. The number of thiol groups is 2. The molecule has 6 aromatic carbocycles. The van der Waals surface area contributed by atoms with Gasteiger partial charge in [0.15, 0.2) is 23.3 Å². The van der Waals surface area contributed by atoms with Crippen LogP contribution in [0.25, 0.3) is 0 Å². The maximum atomic E-state index is 13.9. The topological polar surface area (TPSA) is 247 Å². The van der Waals surface area contributed by atoms with Crippen molar-refractivity contribution < 1.29 is 115 Å². The summed E-state index contributed by atoms with van der Waals surface area (Å²) < 4.78 is 163. The molecule has 4 N–H and O–H groups in total. The molecule has 0 aliphatic carbocycles. The highest BCUT2D eigenvalue weighted by Crippen LogP contribution is 2.30. The van der Waals surface area contributed by atoms with E-state index in [1.165, 1.54) is 67.9 Å². The Morgan fingerprint density at radius 1 is 0.557 bits per heavy atom. The fourth-order valence-corrected chi connectivity index (χ4v) is 6.23. The number of aromatic carboxylic acids is 1. The summed E-state index contributed by atoms with van der Waals surface area (Å²) in [6.45, 7) is 0. The molecule has 0 amide bonds. The molecule has 0 heterocycles. The highest BCUT2D eigenvalue weighted by Gasteiger charge is 2.25. The first-order chi connectivity index (χ1) is 37.0.